The molecular weight excluding hydrogens is 314 g/mol. The third-order valence-corrected chi connectivity index (χ3v) is 3.87. The molecule has 2 heterocycles. The minimum Gasteiger partial charge on any atom is -0.434 e. The summed E-state index contributed by atoms with van der Waals surface area (Å²) in [6.45, 7) is 1.99. The average molecular weight is 329 g/mol. The van der Waals surface area contributed by atoms with Gasteiger partial charge < -0.3 is 9.73 Å². The van der Waals surface area contributed by atoms with E-state index < -0.39 is 0 Å². The van der Waals surface area contributed by atoms with E-state index in [0.29, 0.717) is 28.4 Å². The molecular formula is C20H15N3O2. The van der Waals surface area contributed by atoms with Gasteiger partial charge in [0, 0.05) is 23.0 Å². The summed E-state index contributed by atoms with van der Waals surface area (Å²) in [5.41, 5.74) is 4.51. The van der Waals surface area contributed by atoms with Crippen molar-refractivity contribution in [2.45, 2.75) is 6.92 Å². The number of nitrogens with one attached hydrogen (secondary N) is 1. The fourth-order valence-electron chi connectivity index (χ4n) is 2.50. The second-order valence-corrected chi connectivity index (χ2v) is 5.74. The second-order valence-electron chi connectivity index (χ2n) is 5.74. The minimum absolute atomic E-state index is 0.140. The number of amides is 1. The van der Waals surface area contributed by atoms with Crippen LogP contribution in [0, 0.1) is 6.92 Å². The molecule has 0 aliphatic carbocycles. The van der Waals surface area contributed by atoms with Crippen LogP contribution in [0.3, 0.4) is 0 Å². The number of pyridine rings is 1. The molecule has 4 aromatic rings. The number of fused-ring (bicyclic) bond motifs is 1. The number of carbonyl (C=O) groups is 1. The molecule has 0 saturated heterocycles. The van der Waals surface area contributed by atoms with Gasteiger partial charge in [-0.25, -0.2) is 4.98 Å². The predicted octanol–water partition coefficient (Wildman–Crippen LogP) is 4.45. The summed E-state index contributed by atoms with van der Waals surface area (Å²) in [5.74, 6) is 0.365. The van der Waals surface area contributed by atoms with E-state index in [1.165, 1.54) is 0 Å². The van der Waals surface area contributed by atoms with Crippen LogP contribution in [0.1, 0.15) is 15.9 Å². The van der Waals surface area contributed by atoms with Crippen molar-refractivity contribution >= 4 is 22.8 Å². The van der Waals surface area contributed by atoms with Crippen LogP contribution in [-0.2, 0) is 0 Å². The molecule has 0 spiro atoms. The maximum atomic E-state index is 12.2. The summed E-state index contributed by atoms with van der Waals surface area (Å²) >= 11 is 0. The van der Waals surface area contributed by atoms with Gasteiger partial charge in [0.1, 0.15) is 0 Å². The molecule has 0 radical (unpaired) electrons. The van der Waals surface area contributed by atoms with Crippen LogP contribution in [0.2, 0.25) is 0 Å². The lowest BCUT2D eigenvalue weighted by Crippen LogP contribution is -2.11. The Bertz CT molecular complexity index is 1000. The Morgan fingerprint density at radius 3 is 2.48 bits per heavy atom. The highest BCUT2D eigenvalue weighted by molar-refractivity contribution is 6.04. The minimum atomic E-state index is -0.140. The van der Waals surface area contributed by atoms with Crippen molar-refractivity contribution in [1.29, 1.82) is 0 Å². The van der Waals surface area contributed by atoms with Crippen LogP contribution in [-0.4, -0.2) is 15.9 Å². The molecule has 2 aromatic heterocycles. The van der Waals surface area contributed by atoms with Gasteiger partial charge >= 0.3 is 0 Å². The monoisotopic (exact) mass is 329 g/mol. The van der Waals surface area contributed by atoms with Crippen molar-refractivity contribution in [3.05, 3.63) is 78.0 Å². The Kier molecular flexibility index (Phi) is 3.74. The molecule has 0 aliphatic rings. The van der Waals surface area contributed by atoms with Crippen LogP contribution in [0.25, 0.3) is 22.7 Å². The number of rotatable bonds is 3. The zero-order chi connectivity index (χ0) is 17.2. The van der Waals surface area contributed by atoms with Crippen LogP contribution in [0.4, 0.5) is 5.69 Å². The number of anilines is 1. The van der Waals surface area contributed by atoms with Crippen LogP contribution in [0.5, 0.6) is 0 Å². The van der Waals surface area contributed by atoms with Gasteiger partial charge in [-0.1, -0.05) is 17.7 Å². The molecule has 0 fully saturated rings. The smallest absolute Gasteiger partial charge is 0.255 e. The molecule has 0 atom stereocenters. The van der Waals surface area contributed by atoms with E-state index in [9.17, 15) is 4.79 Å². The van der Waals surface area contributed by atoms with Gasteiger partial charge in [0.05, 0.1) is 0 Å². The number of benzene rings is 2. The van der Waals surface area contributed by atoms with E-state index in [-0.39, 0.29) is 5.91 Å². The molecule has 1 amide bonds. The quantitative estimate of drug-likeness (QED) is 0.603. The van der Waals surface area contributed by atoms with E-state index in [1.807, 2.05) is 61.5 Å². The zero-order valence-corrected chi connectivity index (χ0v) is 13.6. The Morgan fingerprint density at radius 1 is 1.00 bits per heavy atom. The van der Waals surface area contributed by atoms with Gasteiger partial charge in [-0.3, -0.25) is 4.79 Å². The number of oxazole rings is 1. The zero-order valence-electron chi connectivity index (χ0n) is 13.6. The molecule has 0 saturated carbocycles. The number of hydrogen-bond acceptors (Lipinski definition) is 4. The average Bonchev–Trinajstić information content (AvgIpc) is 3.07. The van der Waals surface area contributed by atoms with Crippen molar-refractivity contribution in [2.24, 2.45) is 0 Å². The fourth-order valence-corrected chi connectivity index (χ4v) is 2.50. The lowest BCUT2D eigenvalue weighted by molar-refractivity contribution is 0.102. The summed E-state index contributed by atoms with van der Waals surface area (Å²) in [6.07, 6.45) is 1.68. The highest BCUT2D eigenvalue weighted by Crippen LogP contribution is 2.24. The highest BCUT2D eigenvalue weighted by Gasteiger charge is 2.10. The number of nitrogens with zero attached hydrogens (tertiary/aromatic N) is 2. The first-order valence-electron chi connectivity index (χ1n) is 7.89. The summed E-state index contributed by atoms with van der Waals surface area (Å²) in [4.78, 5) is 20.8. The van der Waals surface area contributed by atoms with E-state index in [0.717, 1.165) is 11.1 Å². The van der Waals surface area contributed by atoms with Gasteiger partial charge in [-0.2, -0.15) is 4.98 Å². The molecule has 0 aliphatic heterocycles. The van der Waals surface area contributed by atoms with Gasteiger partial charge in [0.15, 0.2) is 11.2 Å². The summed E-state index contributed by atoms with van der Waals surface area (Å²) in [5, 5.41) is 2.88. The van der Waals surface area contributed by atoms with E-state index in [2.05, 4.69) is 15.3 Å². The number of aryl methyl sites for hydroxylation is 1. The van der Waals surface area contributed by atoms with E-state index in [1.54, 1.807) is 12.3 Å². The van der Waals surface area contributed by atoms with Gasteiger partial charge in [0.25, 0.3) is 5.91 Å². The molecule has 2 aromatic carbocycles. The van der Waals surface area contributed by atoms with Crippen molar-refractivity contribution in [3.63, 3.8) is 0 Å². The van der Waals surface area contributed by atoms with E-state index >= 15 is 0 Å². The largest absolute Gasteiger partial charge is 0.434 e. The first-order chi connectivity index (χ1) is 12.2. The van der Waals surface area contributed by atoms with Crippen LogP contribution < -0.4 is 5.32 Å². The number of aromatic nitrogens is 2. The van der Waals surface area contributed by atoms with Crippen LogP contribution >= 0.6 is 0 Å². The Hall–Kier alpha value is -3.47. The van der Waals surface area contributed by atoms with Crippen LogP contribution in [0.15, 0.2) is 71.3 Å². The molecule has 0 bridgehead atoms. The maximum absolute atomic E-state index is 12.2. The highest BCUT2D eigenvalue weighted by atomic mass is 16.3. The third kappa shape index (κ3) is 3.12. The Labute approximate surface area is 144 Å². The Balaban J connectivity index is 1.53. The van der Waals surface area contributed by atoms with Gasteiger partial charge in [-0.05, 0) is 55.5 Å². The fraction of sp³-hybridized carbons (Fsp3) is 0.0500. The standard InChI is InChI=1S/C20H15N3O2/c1-13-4-6-14(7-5-13)19(24)22-16-10-8-15(9-11-16)20-23-18-17(25-20)3-2-12-21-18/h2-12H,1H3,(H,22,24). The number of carbonyl (C=O) groups excluding carboxylic acids is 1. The first-order valence-corrected chi connectivity index (χ1v) is 7.89. The molecule has 25 heavy (non-hydrogen) atoms. The molecule has 5 nitrogen and oxygen atoms in total. The van der Waals surface area contributed by atoms with Crippen molar-refractivity contribution in [2.75, 3.05) is 5.32 Å². The molecule has 4 rings (SSSR count). The first kappa shape index (κ1) is 15.1. The summed E-state index contributed by atoms with van der Waals surface area (Å²) in [7, 11) is 0. The van der Waals surface area contributed by atoms with E-state index in [4.69, 9.17) is 4.42 Å². The Morgan fingerprint density at radius 2 is 1.76 bits per heavy atom. The topological polar surface area (TPSA) is 68.0 Å². The van der Waals surface area contributed by atoms with Gasteiger partial charge in [0.2, 0.25) is 5.89 Å². The molecule has 0 unspecified atom stereocenters. The lowest BCUT2D eigenvalue weighted by Gasteiger charge is -2.06. The van der Waals surface area contributed by atoms with Crippen molar-refractivity contribution in [3.8, 4) is 11.5 Å². The molecule has 5 heteroatoms. The van der Waals surface area contributed by atoms with Crippen molar-refractivity contribution in [1.82, 2.24) is 9.97 Å². The maximum Gasteiger partial charge on any atom is 0.255 e. The summed E-state index contributed by atoms with van der Waals surface area (Å²) < 4.78 is 5.69. The lowest BCUT2D eigenvalue weighted by atomic mass is 10.1. The SMILES string of the molecule is Cc1ccc(C(=O)Nc2ccc(-c3nc4ncccc4o3)cc2)cc1. The van der Waals surface area contributed by atoms with Crippen molar-refractivity contribution < 1.29 is 9.21 Å². The molecule has 122 valence electrons. The normalized spacial score (nSPS) is 10.8. The van der Waals surface area contributed by atoms with Gasteiger partial charge in [-0.15, -0.1) is 0 Å². The second kappa shape index (κ2) is 6.20. The predicted molar refractivity (Wildman–Crippen MR) is 96.4 cm³/mol. The number of hydrogen-bond donors (Lipinski definition) is 1. The molecule has 1 N–H and O–H groups in total. The third-order valence-electron chi connectivity index (χ3n) is 3.87. The summed E-state index contributed by atoms with van der Waals surface area (Å²) in [6, 6.07) is 18.4.